The van der Waals surface area contributed by atoms with Crippen LogP contribution < -0.4 is 11.5 Å². The van der Waals surface area contributed by atoms with Crippen LogP contribution in [0.5, 0.6) is 0 Å². The minimum Gasteiger partial charge on any atom is -0.398 e. The highest BCUT2D eigenvalue weighted by molar-refractivity contribution is 5.44. The van der Waals surface area contributed by atoms with Crippen LogP contribution in [0.3, 0.4) is 0 Å². The quantitative estimate of drug-likeness (QED) is 0.839. The van der Waals surface area contributed by atoms with E-state index in [1.165, 1.54) is 6.07 Å². The largest absolute Gasteiger partial charge is 0.398 e. The van der Waals surface area contributed by atoms with Crippen LogP contribution in [0.2, 0.25) is 0 Å². The van der Waals surface area contributed by atoms with E-state index in [0.29, 0.717) is 17.8 Å². The summed E-state index contributed by atoms with van der Waals surface area (Å²) < 4.78 is 12.7. The fourth-order valence-corrected chi connectivity index (χ4v) is 1.56. The topological polar surface area (TPSA) is 77.8 Å². The maximum atomic E-state index is 12.7. The summed E-state index contributed by atoms with van der Waals surface area (Å²) in [6, 6.07) is 4.32. The fourth-order valence-electron chi connectivity index (χ4n) is 1.56. The fraction of sp³-hybridized carbons (Fsp3) is 0.167. The van der Waals surface area contributed by atoms with Crippen LogP contribution in [-0.4, -0.2) is 9.97 Å². The summed E-state index contributed by atoms with van der Waals surface area (Å²) in [6.45, 7) is 0. The molecule has 0 spiro atoms. The number of nitrogens with zero attached hydrogens (tertiary/aromatic N) is 2. The molecule has 0 saturated carbocycles. The van der Waals surface area contributed by atoms with Gasteiger partial charge in [0.2, 0.25) is 0 Å². The molecule has 4 N–H and O–H groups in total. The number of halogens is 1. The molecule has 2 rings (SSSR count). The first-order valence-electron chi connectivity index (χ1n) is 5.22. The number of hydrogen-bond acceptors (Lipinski definition) is 4. The maximum Gasteiger partial charge on any atom is 0.141 e. The van der Waals surface area contributed by atoms with Crippen molar-refractivity contribution in [1.82, 2.24) is 9.97 Å². The van der Waals surface area contributed by atoms with E-state index in [-0.39, 0.29) is 11.9 Å². The number of nitrogens with two attached hydrogens (primary N) is 2. The molecule has 0 aliphatic carbocycles. The van der Waals surface area contributed by atoms with Gasteiger partial charge in [0.1, 0.15) is 5.82 Å². The molecule has 0 saturated heterocycles. The predicted molar refractivity (Wildman–Crippen MR) is 63.5 cm³/mol. The molecule has 1 unspecified atom stereocenters. The Morgan fingerprint density at radius 1 is 1.24 bits per heavy atom. The van der Waals surface area contributed by atoms with Crippen LogP contribution in [0, 0.1) is 5.82 Å². The molecule has 0 bridgehead atoms. The van der Waals surface area contributed by atoms with Gasteiger partial charge < -0.3 is 11.5 Å². The van der Waals surface area contributed by atoms with Crippen molar-refractivity contribution < 1.29 is 4.39 Å². The SMILES string of the molecule is Nc1ccncc1CC(N)c1ccc(F)cn1. The van der Waals surface area contributed by atoms with Crippen molar-refractivity contribution in [3.8, 4) is 0 Å². The minimum atomic E-state index is -0.373. The molecule has 0 aliphatic rings. The van der Waals surface area contributed by atoms with Gasteiger partial charge in [-0.2, -0.15) is 0 Å². The van der Waals surface area contributed by atoms with E-state index in [4.69, 9.17) is 11.5 Å². The monoisotopic (exact) mass is 232 g/mol. The number of aromatic nitrogens is 2. The lowest BCUT2D eigenvalue weighted by atomic mass is 10.0. The lowest BCUT2D eigenvalue weighted by Gasteiger charge is -2.12. The van der Waals surface area contributed by atoms with Crippen LogP contribution in [0.1, 0.15) is 17.3 Å². The summed E-state index contributed by atoms with van der Waals surface area (Å²) in [7, 11) is 0. The normalized spacial score (nSPS) is 12.4. The molecule has 5 heteroatoms. The van der Waals surface area contributed by atoms with E-state index in [9.17, 15) is 4.39 Å². The average molecular weight is 232 g/mol. The molecule has 88 valence electrons. The number of rotatable bonds is 3. The molecule has 0 aromatic carbocycles. The van der Waals surface area contributed by atoms with Crippen molar-refractivity contribution in [2.45, 2.75) is 12.5 Å². The van der Waals surface area contributed by atoms with E-state index in [0.717, 1.165) is 11.8 Å². The van der Waals surface area contributed by atoms with Crippen molar-refractivity contribution in [2.24, 2.45) is 5.73 Å². The van der Waals surface area contributed by atoms with E-state index in [2.05, 4.69) is 9.97 Å². The minimum absolute atomic E-state index is 0.318. The second kappa shape index (κ2) is 4.88. The first kappa shape index (κ1) is 11.5. The van der Waals surface area contributed by atoms with Crippen molar-refractivity contribution in [3.63, 3.8) is 0 Å². The molecule has 0 aliphatic heterocycles. The highest BCUT2D eigenvalue weighted by Gasteiger charge is 2.10. The Morgan fingerprint density at radius 2 is 2.06 bits per heavy atom. The summed E-state index contributed by atoms with van der Waals surface area (Å²) in [5.74, 6) is -0.373. The van der Waals surface area contributed by atoms with Gasteiger partial charge in [-0.3, -0.25) is 9.97 Å². The third-order valence-electron chi connectivity index (χ3n) is 2.51. The molecular formula is C12H13FN4. The third-order valence-corrected chi connectivity index (χ3v) is 2.51. The summed E-state index contributed by atoms with van der Waals surface area (Å²) in [4.78, 5) is 7.93. The third kappa shape index (κ3) is 2.76. The van der Waals surface area contributed by atoms with Crippen molar-refractivity contribution >= 4 is 5.69 Å². The van der Waals surface area contributed by atoms with Crippen molar-refractivity contribution in [1.29, 1.82) is 0 Å². The van der Waals surface area contributed by atoms with Crippen LogP contribution in [0.4, 0.5) is 10.1 Å². The standard InChI is InChI=1S/C12H13FN4/c13-9-1-2-12(17-7-9)11(15)5-8-6-16-4-3-10(8)14/h1-4,6-7,11H,5,15H2,(H2,14,16). The zero-order valence-corrected chi connectivity index (χ0v) is 9.18. The van der Waals surface area contributed by atoms with E-state index < -0.39 is 0 Å². The molecule has 1 atom stereocenters. The average Bonchev–Trinajstić information content (AvgIpc) is 2.33. The molecule has 17 heavy (non-hydrogen) atoms. The van der Waals surface area contributed by atoms with Crippen LogP contribution in [0.25, 0.3) is 0 Å². The van der Waals surface area contributed by atoms with Gasteiger partial charge in [0.15, 0.2) is 0 Å². The summed E-state index contributed by atoms with van der Waals surface area (Å²) in [5, 5.41) is 0. The molecule has 4 nitrogen and oxygen atoms in total. The molecular weight excluding hydrogens is 219 g/mol. The number of nitrogen functional groups attached to an aromatic ring is 1. The molecule has 0 radical (unpaired) electrons. The zero-order chi connectivity index (χ0) is 12.3. The van der Waals surface area contributed by atoms with Gasteiger partial charge in [-0.15, -0.1) is 0 Å². The Kier molecular flexibility index (Phi) is 3.30. The van der Waals surface area contributed by atoms with Gasteiger partial charge in [0.25, 0.3) is 0 Å². The highest BCUT2D eigenvalue weighted by Crippen LogP contribution is 2.17. The highest BCUT2D eigenvalue weighted by atomic mass is 19.1. The zero-order valence-electron chi connectivity index (χ0n) is 9.18. The second-order valence-corrected chi connectivity index (χ2v) is 3.79. The Labute approximate surface area is 98.5 Å². The van der Waals surface area contributed by atoms with Crippen LogP contribution >= 0.6 is 0 Å². The predicted octanol–water partition coefficient (Wildman–Crippen LogP) is 1.44. The Hall–Kier alpha value is -2.01. The Balaban J connectivity index is 2.14. The van der Waals surface area contributed by atoms with Gasteiger partial charge in [0, 0.05) is 18.1 Å². The first-order valence-corrected chi connectivity index (χ1v) is 5.22. The Morgan fingerprint density at radius 3 is 2.71 bits per heavy atom. The lowest BCUT2D eigenvalue weighted by molar-refractivity contribution is 0.612. The molecule has 2 heterocycles. The van der Waals surface area contributed by atoms with Crippen LogP contribution in [0.15, 0.2) is 36.8 Å². The van der Waals surface area contributed by atoms with Gasteiger partial charge in [-0.05, 0) is 30.2 Å². The molecule has 0 amide bonds. The van der Waals surface area contributed by atoms with E-state index in [1.807, 2.05) is 0 Å². The first-order chi connectivity index (χ1) is 8.16. The van der Waals surface area contributed by atoms with Gasteiger partial charge in [-0.1, -0.05) is 0 Å². The summed E-state index contributed by atoms with van der Waals surface area (Å²) in [5.41, 5.74) is 13.9. The number of anilines is 1. The Bertz CT molecular complexity index is 498. The summed E-state index contributed by atoms with van der Waals surface area (Å²) in [6.07, 6.45) is 4.99. The smallest absolute Gasteiger partial charge is 0.141 e. The molecule has 2 aromatic heterocycles. The van der Waals surface area contributed by atoms with Gasteiger partial charge in [0.05, 0.1) is 17.9 Å². The van der Waals surface area contributed by atoms with Gasteiger partial charge in [-0.25, -0.2) is 4.39 Å². The van der Waals surface area contributed by atoms with E-state index >= 15 is 0 Å². The van der Waals surface area contributed by atoms with Crippen molar-refractivity contribution in [2.75, 3.05) is 5.73 Å². The lowest BCUT2D eigenvalue weighted by Crippen LogP contribution is -2.15. The summed E-state index contributed by atoms with van der Waals surface area (Å²) >= 11 is 0. The van der Waals surface area contributed by atoms with Crippen LogP contribution in [-0.2, 0) is 6.42 Å². The maximum absolute atomic E-state index is 12.7. The van der Waals surface area contributed by atoms with Gasteiger partial charge >= 0.3 is 0 Å². The number of pyridine rings is 2. The van der Waals surface area contributed by atoms with Crippen molar-refractivity contribution in [3.05, 3.63) is 53.9 Å². The van der Waals surface area contributed by atoms with E-state index in [1.54, 1.807) is 24.5 Å². The number of hydrogen-bond donors (Lipinski definition) is 2. The second-order valence-electron chi connectivity index (χ2n) is 3.79. The molecule has 2 aromatic rings. The molecule has 0 fully saturated rings.